The van der Waals surface area contributed by atoms with E-state index in [1.807, 2.05) is 30.3 Å². The predicted molar refractivity (Wildman–Crippen MR) is 72.3 cm³/mol. The fourth-order valence-corrected chi connectivity index (χ4v) is 2.17. The summed E-state index contributed by atoms with van der Waals surface area (Å²) in [6.45, 7) is 0. The molecule has 0 spiro atoms. The molecule has 0 atom stereocenters. The molecule has 0 radical (unpaired) electrons. The third-order valence-electron chi connectivity index (χ3n) is 2.98. The highest BCUT2D eigenvalue weighted by molar-refractivity contribution is 5.97. The van der Waals surface area contributed by atoms with E-state index in [0.717, 1.165) is 10.8 Å². The Morgan fingerprint density at radius 3 is 2.42 bits per heavy atom. The Balaban J connectivity index is 2.44. The summed E-state index contributed by atoms with van der Waals surface area (Å²) in [7, 11) is 0. The van der Waals surface area contributed by atoms with Crippen LogP contribution in [0.25, 0.3) is 21.9 Å². The van der Waals surface area contributed by atoms with Gasteiger partial charge in [-0.1, -0.05) is 42.5 Å². The maximum Gasteiger partial charge on any atom is 0.328 e. The molecule has 94 valence electrons. The van der Waals surface area contributed by atoms with Crippen molar-refractivity contribution in [3.8, 4) is 17.0 Å². The lowest BCUT2D eigenvalue weighted by atomic mass is 10.00. The maximum absolute atomic E-state index is 11.9. The van der Waals surface area contributed by atoms with Crippen LogP contribution in [0.2, 0.25) is 0 Å². The highest BCUT2D eigenvalue weighted by Gasteiger charge is 2.13. The standard InChI is InChI=1S/C14H10N2O3/c17-12-11(13(18)16-14(19)15-12)10-7-3-5-8-4-1-2-6-9(8)10/h1-7H,(H3,15,16,17,18,19). The number of benzene rings is 2. The molecule has 19 heavy (non-hydrogen) atoms. The van der Waals surface area contributed by atoms with E-state index in [2.05, 4.69) is 9.97 Å². The number of H-pyrrole nitrogens is 2. The monoisotopic (exact) mass is 254 g/mol. The molecule has 1 heterocycles. The summed E-state index contributed by atoms with van der Waals surface area (Å²) < 4.78 is 0. The molecule has 5 heteroatoms. The normalized spacial score (nSPS) is 10.7. The number of rotatable bonds is 1. The van der Waals surface area contributed by atoms with Crippen LogP contribution in [0.3, 0.4) is 0 Å². The number of aromatic amines is 2. The van der Waals surface area contributed by atoms with Crippen LogP contribution in [-0.4, -0.2) is 15.1 Å². The van der Waals surface area contributed by atoms with E-state index in [1.165, 1.54) is 0 Å². The summed E-state index contributed by atoms with van der Waals surface area (Å²) >= 11 is 0. The molecule has 1 aromatic heterocycles. The molecule has 0 aliphatic heterocycles. The molecule has 0 amide bonds. The van der Waals surface area contributed by atoms with Crippen LogP contribution < -0.4 is 11.2 Å². The van der Waals surface area contributed by atoms with Crippen LogP contribution in [0.15, 0.2) is 52.1 Å². The fourth-order valence-electron chi connectivity index (χ4n) is 2.17. The maximum atomic E-state index is 11.9. The third kappa shape index (κ3) is 1.81. The van der Waals surface area contributed by atoms with Crippen molar-refractivity contribution < 1.29 is 5.11 Å². The van der Waals surface area contributed by atoms with Gasteiger partial charge in [0.25, 0.3) is 5.56 Å². The van der Waals surface area contributed by atoms with Crippen LogP contribution in [0.1, 0.15) is 0 Å². The molecule has 0 saturated carbocycles. The van der Waals surface area contributed by atoms with E-state index < -0.39 is 17.1 Å². The summed E-state index contributed by atoms with van der Waals surface area (Å²) in [5.74, 6) is -0.426. The number of aromatic hydroxyl groups is 1. The smallest absolute Gasteiger partial charge is 0.328 e. The Bertz CT molecular complexity index is 872. The Morgan fingerprint density at radius 2 is 1.63 bits per heavy atom. The molecule has 5 nitrogen and oxygen atoms in total. The van der Waals surface area contributed by atoms with E-state index in [1.54, 1.807) is 12.1 Å². The van der Waals surface area contributed by atoms with Crippen molar-refractivity contribution in [2.45, 2.75) is 0 Å². The lowest BCUT2D eigenvalue weighted by Gasteiger charge is -2.06. The molecule has 0 aliphatic carbocycles. The van der Waals surface area contributed by atoms with Gasteiger partial charge in [-0.05, 0) is 10.8 Å². The molecule has 0 fully saturated rings. The number of hydrogen-bond donors (Lipinski definition) is 3. The molecule has 2 aromatic carbocycles. The van der Waals surface area contributed by atoms with Crippen molar-refractivity contribution in [1.29, 1.82) is 0 Å². The van der Waals surface area contributed by atoms with Crippen molar-refractivity contribution in [3.63, 3.8) is 0 Å². The molecule has 0 bridgehead atoms. The van der Waals surface area contributed by atoms with E-state index in [0.29, 0.717) is 5.56 Å². The number of hydrogen-bond acceptors (Lipinski definition) is 3. The number of aromatic nitrogens is 2. The zero-order valence-corrected chi connectivity index (χ0v) is 9.81. The first-order chi connectivity index (χ1) is 9.16. The van der Waals surface area contributed by atoms with Crippen LogP contribution in [0, 0.1) is 0 Å². The Hall–Kier alpha value is -2.82. The molecule has 0 saturated heterocycles. The van der Waals surface area contributed by atoms with E-state index in [-0.39, 0.29) is 5.56 Å². The average molecular weight is 254 g/mol. The van der Waals surface area contributed by atoms with Crippen LogP contribution >= 0.6 is 0 Å². The average Bonchev–Trinajstić information content (AvgIpc) is 2.38. The molecule has 0 unspecified atom stereocenters. The summed E-state index contributed by atoms with van der Waals surface area (Å²) in [6, 6.07) is 12.9. The lowest BCUT2D eigenvalue weighted by Crippen LogP contribution is -2.23. The molecular weight excluding hydrogens is 244 g/mol. The molecule has 3 N–H and O–H groups in total. The minimum atomic E-state index is -0.730. The fraction of sp³-hybridized carbons (Fsp3) is 0. The zero-order chi connectivity index (χ0) is 13.4. The van der Waals surface area contributed by atoms with E-state index in [9.17, 15) is 14.7 Å². The van der Waals surface area contributed by atoms with Crippen LogP contribution in [-0.2, 0) is 0 Å². The van der Waals surface area contributed by atoms with Crippen molar-refractivity contribution >= 4 is 10.8 Å². The Labute approximate surface area is 107 Å². The highest BCUT2D eigenvalue weighted by atomic mass is 16.3. The van der Waals surface area contributed by atoms with Crippen molar-refractivity contribution in [2.24, 2.45) is 0 Å². The van der Waals surface area contributed by atoms with Gasteiger partial charge in [0, 0.05) is 5.56 Å². The SMILES string of the molecule is O=c1[nH]c(O)c(-c2cccc3ccccc23)c(=O)[nH]1. The minimum Gasteiger partial charge on any atom is -0.494 e. The van der Waals surface area contributed by atoms with E-state index in [4.69, 9.17) is 0 Å². The number of fused-ring (bicyclic) bond motifs is 1. The highest BCUT2D eigenvalue weighted by Crippen LogP contribution is 2.29. The molecule has 3 rings (SSSR count). The van der Waals surface area contributed by atoms with Gasteiger partial charge in [0.05, 0.1) is 0 Å². The van der Waals surface area contributed by atoms with Gasteiger partial charge in [0.15, 0.2) is 0 Å². The summed E-state index contributed by atoms with van der Waals surface area (Å²) in [4.78, 5) is 27.3. The first-order valence-electron chi connectivity index (χ1n) is 5.70. The Kier molecular flexibility index (Phi) is 2.45. The van der Waals surface area contributed by atoms with Gasteiger partial charge in [0.1, 0.15) is 5.56 Å². The first kappa shape index (κ1) is 11.3. The van der Waals surface area contributed by atoms with Crippen LogP contribution in [0.4, 0.5) is 0 Å². The summed E-state index contributed by atoms with van der Waals surface area (Å²) in [5, 5.41) is 11.6. The topological polar surface area (TPSA) is 85.9 Å². The van der Waals surface area contributed by atoms with Gasteiger partial charge in [0.2, 0.25) is 5.88 Å². The van der Waals surface area contributed by atoms with Gasteiger partial charge in [-0.25, -0.2) is 4.79 Å². The van der Waals surface area contributed by atoms with Gasteiger partial charge in [-0.15, -0.1) is 0 Å². The summed E-state index contributed by atoms with van der Waals surface area (Å²) in [6.07, 6.45) is 0. The molecule has 0 aliphatic rings. The summed E-state index contributed by atoms with van der Waals surface area (Å²) in [5.41, 5.74) is -0.700. The second kappa shape index (κ2) is 4.13. The van der Waals surface area contributed by atoms with Gasteiger partial charge < -0.3 is 5.11 Å². The van der Waals surface area contributed by atoms with Crippen LogP contribution in [0.5, 0.6) is 5.88 Å². The van der Waals surface area contributed by atoms with Crippen molar-refractivity contribution in [3.05, 3.63) is 63.3 Å². The second-order valence-corrected chi connectivity index (χ2v) is 4.16. The van der Waals surface area contributed by atoms with Gasteiger partial charge in [-0.2, -0.15) is 0 Å². The third-order valence-corrected chi connectivity index (χ3v) is 2.98. The Morgan fingerprint density at radius 1 is 0.895 bits per heavy atom. The quantitative estimate of drug-likeness (QED) is 0.616. The van der Waals surface area contributed by atoms with Crippen molar-refractivity contribution in [2.75, 3.05) is 0 Å². The minimum absolute atomic E-state index is 0.0661. The molecular formula is C14H10N2O3. The predicted octanol–water partition coefficient (Wildman–Crippen LogP) is 1.59. The number of nitrogens with one attached hydrogen (secondary N) is 2. The lowest BCUT2D eigenvalue weighted by molar-refractivity contribution is 0.451. The van der Waals surface area contributed by atoms with Crippen molar-refractivity contribution in [1.82, 2.24) is 9.97 Å². The molecule has 3 aromatic rings. The first-order valence-corrected chi connectivity index (χ1v) is 5.70. The second-order valence-electron chi connectivity index (χ2n) is 4.16. The van der Waals surface area contributed by atoms with Gasteiger partial charge >= 0.3 is 5.69 Å². The van der Waals surface area contributed by atoms with Gasteiger partial charge in [-0.3, -0.25) is 14.8 Å². The largest absolute Gasteiger partial charge is 0.494 e. The zero-order valence-electron chi connectivity index (χ0n) is 9.81. The van der Waals surface area contributed by atoms with E-state index >= 15 is 0 Å².